The predicted molar refractivity (Wildman–Crippen MR) is 66.7 cm³/mol. The largest absolute Gasteiger partial charge is 0.464 e. The molecule has 0 bridgehead atoms. The maximum absolute atomic E-state index is 13.2. The van der Waals surface area contributed by atoms with E-state index in [1.165, 1.54) is 19.1 Å². The zero-order valence-corrected chi connectivity index (χ0v) is 10.9. The molecule has 0 heterocycles. The minimum atomic E-state index is -1.65. The monoisotopic (exact) mass is 254 g/mol. The molecule has 0 saturated heterocycles. The maximum atomic E-state index is 13.2. The summed E-state index contributed by atoms with van der Waals surface area (Å²) in [7, 11) is 0. The minimum Gasteiger partial charge on any atom is -0.464 e. The number of aliphatic hydroxyl groups is 1. The normalized spacial score (nSPS) is 15.8. The number of hydrogen-bond donors (Lipinski definition) is 1. The molecule has 2 atom stereocenters. The van der Waals surface area contributed by atoms with Gasteiger partial charge in [-0.25, -0.2) is 9.18 Å². The van der Waals surface area contributed by atoms with Crippen molar-refractivity contribution in [3.05, 3.63) is 35.6 Å². The van der Waals surface area contributed by atoms with Gasteiger partial charge < -0.3 is 9.84 Å². The number of carbonyl (C=O) groups excluding carboxylic acids is 1. The second kappa shape index (κ2) is 5.96. The van der Waals surface area contributed by atoms with Gasteiger partial charge in [-0.05, 0) is 38.0 Å². The van der Waals surface area contributed by atoms with E-state index >= 15 is 0 Å². The molecule has 0 aliphatic rings. The Morgan fingerprint density at radius 2 is 2.17 bits per heavy atom. The van der Waals surface area contributed by atoms with E-state index < -0.39 is 17.5 Å². The zero-order chi connectivity index (χ0) is 13.8. The first kappa shape index (κ1) is 14.6. The quantitative estimate of drug-likeness (QED) is 0.822. The van der Waals surface area contributed by atoms with Crippen LogP contribution in [0.3, 0.4) is 0 Å². The van der Waals surface area contributed by atoms with Gasteiger partial charge in [0.2, 0.25) is 0 Å². The molecule has 1 rings (SSSR count). The van der Waals surface area contributed by atoms with Crippen molar-refractivity contribution in [3.63, 3.8) is 0 Å². The number of ether oxygens (including phenoxy) is 1. The second-order valence-corrected chi connectivity index (χ2v) is 4.38. The molecular weight excluding hydrogens is 235 g/mol. The molecule has 3 nitrogen and oxygen atoms in total. The molecule has 2 unspecified atom stereocenters. The Bertz CT molecular complexity index is 415. The summed E-state index contributed by atoms with van der Waals surface area (Å²) in [5.41, 5.74) is -1.06. The Hall–Kier alpha value is -1.42. The van der Waals surface area contributed by atoms with Gasteiger partial charge in [-0.3, -0.25) is 0 Å². The highest BCUT2D eigenvalue weighted by Crippen LogP contribution is 2.32. The van der Waals surface area contributed by atoms with Crippen LogP contribution in [0.5, 0.6) is 0 Å². The molecule has 0 aliphatic carbocycles. The first-order chi connectivity index (χ1) is 8.43. The summed E-state index contributed by atoms with van der Waals surface area (Å²) in [5, 5.41) is 10.3. The van der Waals surface area contributed by atoms with Crippen LogP contribution in [0.15, 0.2) is 24.3 Å². The SMILES string of the molecule is CCOC(=O)C(C)(O)C(CC)c1cccc(F)c1. The Kier molecular flexibility index (Phi) is 4.84. The molecule has 4 heteroatoms. The van der Waals surface area contributed by atoms with Gasteiger partial charge in [0.15, 0.2) is 5.60 Å². The minimum absolute atomic E-state index is 0.203. The molecule has 1 aromatic carbocycles. The number of esters is 1. The summed E-state index contributed by atoms with van der Waals surface area (Å²) >= 11 is 0. The molecule has 0 radical (unpaired) electrons. The van der Waals surface area contributed by atoms with E-state index in [-0.39, 0.29) is 12.4 Å². The van der Waals surface area contributed by atoms with Crippen molar-refractivity contribution in [1.29, 1.82) is 0 Å². The van der Waals surface area contributed by atoms with Gasteiger partial charge >= 0.3 is 5.97 Å². The average molecular weight is 254 g/mol. The lowest BCUT2D eigenvalue weighted by Crippen LogP contribution is -2.42. The van der Waals surface area contributed by atoms with E-state index in [0.717, 1.165) is 0 Å². The fraction of sp³-hybridized carbons (Fsp3) is 0.500. The van der Waals surface area contributed by atoms with Crippen molar-refractivity contribution >= 4 is 5.97 Å². The van der Waals surface area contributed by atoms with Crippen LogP contribution in [0.1, 0.15) is 38.7 Å². The van der Waals surface area contributed by atoms with Crippen molar-refractivity contribution in [2.24, 2.45) is 0 Å². The van der Waals surface area contributed by atoms with Crippen molar-refractivity contribution in [1.82, 2.24) is 0 Å². The summed E-state index contributed by atoms with van der Waals surface area (Å²) in [6.45, 7) is 5.12. The van der Waals surface area contributed by atoms with Crippen LogP contribution in [-0.2, 0) is 9.53 Å². The lowest BCUT2D eigenvalue weighted by Gasteiger charge is -2.30. The van der Waals surface area contributed by atoms with Crippen LogP contribution in [0, 0.1) is 5.82 Å². The standard InChI is InChI=1S/C14H19FO3/c1-4-12(10-7-6-8-11(15)9-10)14(3,17)13(16)18-5-2/h6-9,12,17H,4-5H2,1-3H3. The van der Waals surface area contributed by atoms with Crippen LogP contribution in [0.4, 0.5) is 4.39 Å². The molecule has 0 aromatic heterocycles. The summed E-state index contributed by atoms with van der Waals surface area (Å²) in [5.74, 6) is -1.56. The molecule has 100 valence electrons. The first-order valence-electron chi connectivity index (χ1n) is 6.08. The van der Waals surface area contributed by atoms with Crippen molar-refractivity contribution < 1.29 is 19.0 Å². The lowest BCUT2D eigenvalue weighted by molar-refractivity contribution is -0.165. The van der Waals surface area contributed by atoms with Gasteiger partial charge in [-0.15, -0.1) is 0 Å². The molecule has 0 aliphatic heterocycles. The molecule has 0 spiro atoms. The highest BCUT2D eigenvalue weighted by atomic mass is 19.1. The van der Waals surface area contributed by atoms with Gasteiger partial charge in [0.05, 0.1) is 6.61 Å². The van der Waals surface area contributed by atoms with Crippen LogP contribution in [0.25, 0.3) is 0 Å². The van der Waals surface area contributed by atoms with Gasteiger partial charge in [-0.1, -0.05) is 19.1 Å². The number of halogens is 1. The topological polar surface area (TPSA) is 46.5 Å². The fourth-order valence-electron chi connectivity index (χ4n) is 2.10. The molecule has 1 aromatic rings. The molecule has 0 saturated carbocycles. The number of hydrogen-bond acceptors (Lipinski definition) is 3. The number of rotatable bonds is 5. The Morgan fingerprint density at radius 3 is 2.67 bits per heavy atom. The Balaban J connectivity index is 3.05. The third-order valence-electron chi connectivity index (χ3n) is 3.03. The zero-order valence-electron chi connectivity index (χ0n) is 10.9. The van der Waals surface area contributed by atoms with Crippen molar-refractivity contribution in [2.45, 2.75) is 38.7 Å². The third kappa shape index (κ3) is 3.07. The number of carbonyl (C=O) groups is 1. The fourth-order valence-corrected chi connectivity index (χ4v) is 2.10. The molecule has 18 heavy (non-hydrogen) atoms. The molecular formula is C14H19FO3. The highest BCUT2D eigenvalue weighted by molar-refractivity contribution is 5.80. The van der Waals surface area contributed by atoms with E-state index in [2.05, 4.69) is 0 Å². The predicted octanol–water partition coefficient (Wildman–Crippen LogP) is 2.63. The Labute approximate surface area is 107 Å². The van der Waals surface area contributed by atoms with Gasteiger partial charge in [-0.2, -0.15) is 0 Å². The van der Waals surface area contributed by atoms with E-state index in [4.69, 9.17) is 4.74 Å². The van der Waals surface area contributed by atoms with E-state index in [0.29, 0.717) is 12.0 Å². The van der Waals surface area contributed by atoms with Crippen LogP contribution in [-0.4, -0.2) is 23.3 Å². The molecule has 0 amide bonds. The van der Waals surface area contributed by atoms with E-state index in [1.807, 2.05) is 6.92 Å². The molecule has 0 fully saturated rings. The summed E-state index contributed by atoms with van der Waals surface area (Å²) in [4.78, 5) is 11.8. The Morgan fingerprint density at radius 1 is 1.50 bits per heavy atom. The third-order valence-corrected chi connectivity index (χ3v) is 3.03. The van der Waals surface area contributed by atoms with Gasteiger partial charge in [0.25, 0.3) is 0 Å². The lowest BCUT2D eigenvalue weighted by atomic mass is 9.81. The van der Waals surface area contributed by atoms with Gasteiger partial charge in [0, 0.05) is 5.92 Å². The summed E-state index contributed by atoms with van der Waals surface area (Å²) in [6.07, 6.45) is 0.509. The smallest absolute Gasteiger partial charge is 0.338 e. The second-order valence-electron chi connectivity index (χ2n) is 4.38. The average Bonchev–Trinajstić information content (AvgIpc) is 2.30. The first-order valence-corrected chi connectivity index (χ1v) is 6.08. The van der Waals surface area contributed by atoms with E-state index in [1.54, 1.807) is 19.1 Å². The number of benzene rings is 1. The molecule has 1 N–H and O–H groups in total. The highest BCUT2D eigenvalue weighted by Gasteiger charge is 2.40. The summed E-state index contributed by atoms with van der Waals surface area (Å²) in [6, 6.07) is 5.93. The van der Waals surface area contributed by atoms with Gasteiger partial charge in [0.1, 0.15) is 5.82 Å². The summed E-state index contributed by atoms with van der Waals surface area (Å²) < 4.78 is 18.1. The van der Waals surface area contributed by atoms with E-state index in [9.17, 15) is 14.3 Å². The van der Waals surface area contributed by atoms with Crippen molar-refractivity contribution in [3.8, 4) is 0 Å². The maximum Gasteiger partial charge on any atom is 0.338 e. The van der Waals surface area contributed by atoms with Crippen LogP contribution in [0.2, 0.25) is 0 Å². The van der Waals surface area contributed by atoms with Crippen LogP contribution < -0.4 is 0 Å². The van der Waals surface area contributed by atoms with Crippen molar-refractivity contribution in [2.75, 3.05) is 6.61 Å². The van der Waals surface area contributed by atoms with Crippen LogP contribution >= 0.6 is 0 Å².